The van der Waals surface area contributed by atoms with Crippen LogP contribution in [0, 0.1) is 6.92 Å². The van der Waals surface area contributed by atoms with Gasteiger partial charge in [0.25, 0.3) is 0 Å². The average molecular weight is 395 g/mol. The summed E-state index contributed by atoms with van der Waals surface area (Å²) < 4.78 is 10.5. The molecule has 5 nitrogen and oxygen atoms in total. The topological polar surface area (TPSA) is 43.2 Å². The minimum absolute atomic E-state index is 0.113. The summed E-state index contributed by atoms with van der Waals surface area (Å²) in [5.41, 5.74) is 2.82. The fraction of sp³-hybridized carbons (Fsp3) is 0.579. The van der Waals surface area contributed by atoms with Crippen LogP contribution in [0.4, 0.5) is 0 Å². The molecule has 0 bridgehead atoms. The molecule has 0 N–H and O–H groups in total. The molecule has 1 fully saturated rings. The van der Waals surface area contributed by atoms with Crippen molar-refractivity contribution in [1.82, 2.24) is 19.2 Å². The highest BCUT2D eigenvalue weighted by Crippen LogP contribution is 2.55. The molecule has 1 saturated heterocycles. The lowest BCUT2D eigenvalue weighted by Crippen LogP contribution is -2.40. The van der Waals surface area contributed by atoms with Crippen molar-refractivity contribution in [1.29, 1.82) is 0 Å². The molecular formula is C19H24Cl2N4O. The van der Waals surface area contributed by atoms with Crippen molar-refractivity contribution in [2.75, 3.05) is 13.1 Å². The van der Waals surface area contributed by atoms with E-state index >= 15 is 0 Å². The zero-order valence-electron chi connectivity index (χ0n) is 15.6. The number of aromatic nitrogens is 3. The monoisotopic (exact) mass is 394 g/mol. The predicted octanol–water partition coefficient (Wildman–Crippen LogP) is 4.27. The summed E-state index contributed by atoms with van der Waals surface area (Å²) in [6, 6.07) is 4.28. The van der Waals surface area contributed by atoms with E-state index in [1.165, 1.54) is 11.1 Å². The smallest absolute Gasteiger partial charge is 0.138 e. The quantitative estimate of drug-likeness (QED) is 0.713. The van der Waals surface area contributed by atoms with Crippen molar-refractivity contribution >= 4 is 23.4 Å². The van der Waals surface area contributed by atoms with Gasteiger partial charge >= 0.3 is 0 Å². The maximum atomic E-state index is 6.84. The second-order valence-corrected chi connectivity index (χ2v) is 8.90. The van der Waals surface area contributed by atoms with Gasteiger partial charge in [-0.15, -0.1) is 0 Å². The summed E-state index contributed by atoms with van der Waals surface area (Å²) in [5.74, 6) is 0.910. The third kappa shape index (κ3) is 2.68. The molecule has 2 aromatic rings. The normalized spacial score (nSPS) is 22.8. The highest BCUT2D eigenvalue weighted by atomic mass is 35.5. The van der Waals surface area contributed by atoms with Crippen molar-refractivity contribution in [3.05, 3.63) is 46.0 Å². The molecule has 2 aliphatic rings. The zero-order valence-corrected chi connectivity index (χ0v) is 17.1. The number of hydrogen-bond donors (Lipinski definition) is 0. The molecule has 0 saturated carbocycles. The van der Waals surface area contributed by atoms with Gasteiger partial charge in [0.05, 0.1) is 17.1 Å². The van der Waals surface area contributed by atoms with Crippen LogP contribution in [0.3, 0.4) is 0 Å². The maximum absolute atomic E-state index is 6.84. The van der Waals surface area contributed by atoms with Crippen LogP contribution in [0.1, 0.15) is 55.3 Å². The fourth-order valence-corrected chi connectivity index (χ4v) is 4.76. The molecule has 140 valence electrons. The van der Waals surface area contributed by atoms with Gasteiger partial charge in [-0.25, -0.2) is 9.40 Å². The number of benzene rings is 1. The van der Waals surface area contributed by atoms with Crippen molar-refractivity contribution < 1.29 is 4.74 Å². The van der Waals surface area contributed by atoms with Crippen molar-refractivity contribution in [2.24, 2.45) is 7.05 Å². The fourth-order valence-electron chi connectivity index (χ4n) is 4.43. The molecule has 1 aromatic heterocycles. The minimum atomic E-state index is -0.335. The van der Waals surface area contributed by atoms with E-state index in [1.54, 1.807) is 6.33 Å². The Labute approximate surface area is 164 Å². The molecular weight excluding hydrogens is 371 g/mol. The Morgan fingerprint density at radius 1 is 1.27 bits per heavy atom. The highest BCUT2D eigenvalue weighted by Gasteiger charge is 2.52. The summed E-state index contributed by atoms with van der Waals surface area (Å²) in [6.07, 6.45) is 3.20. The van der Waals surface area contributed by atoms with Crippen molar-refractivity contribution in [3.63, 3.8) is 0 Å². The van der Waals surface area contributed by atoms with E-state index in [1.807, 2.05) is 23.1 Å². The first kappa shape index (κ1) is 18.2. The summed E-state index contributed by atoms with van der Waals surface area (Å²) in [7, 11) is 1.93. The van der Waals surface area contributed by atoms with Gasteiger partial charge in [0, 0.05) is 25.2 Å². The third-order valence-corrected chi connectivity index (χ3v) is 6.65. The van der Waals surface area contributed by atoms with Crippen LogP contribution in [0.15, 0.2) is 18.5 Å². The first-order valence-electron chi connectivity index (χ1n) is 8.98. The lowest BCUT2D eigenvalue weighted by Gasteiger charge is -2.39. The first-order valence-corrected chi connectivity index (χ1v) is 9.70. The third-order valence-electron chi connectivity index (χ3n) is 5.91. The first-order chi connectivity index (χ1) is 12.2. The van der Waals surface area contributed by atoms with E-state index < -0.39 is 0 Å². The largest absolute Gasteiger partial charge is 0.361 e. The molecule has 26 heavy (non-hydrogen) atoms. The van der Waals surface area contributed by atoms with Crippen molar-refractivity contribution in [3.8, 4) is 0 Å². The van der Waals surface area contributed by atoms with Crippen molar-refractivity contribution in [2.45, 2.75) is 50.7 Å². The standard InChI is InChI=1S/C19H24Cl2N4O/c1-12-9-13-14(10-15(12)20)19(5-7-25(21)8-6-19)26-16(13)18(2,3)17-22-11-23-24(17)4/h9-11,16H,5-8H2,1-4H3/t16-/m0/s1. The van der Waals surface area contributed by atoms with Gasteiger partial charge in [0.1, 0.15) is 12.2 Å². The number of ether oxygens (including phenoxy) is 1. The lowest BCUT2D eigenvalue weighted by atomic mass is 9.79. The van der Waals surface area contributed by atoms with Gasteiger partial charge in [0.2, 0.25) is 0 Å². The number of fused-ring (bicyclic) bond motifs is 2. The molecule has 7 heteroatoms. The van der Waals surface area contributed by atoms with Crippen LogP contribution in [0.5, 0.6) is 0 Å². The van der Waals surface area contributed by atoms with E-state index in [0.29, 0.717) is 0 Å². The summed E-state index contributed by atoms with van der Waals surface area (Å²) in [4.78, 5) is 4.51. The van der Waals surface area contributed by atoms with E-state index in [-0.39, 0.29) is 17.1 Å². The number of halogens is 2. The predicted molar refractivity (Wildman–Crippen MR) is 102 cm³/mol. The van der Waals surface area contributed by atoms with Crippen LogP contribution in [0.2, 0.25) is 5.02 Å². The van der Waals surface area contributed by atoms with E-state index in [9.17, 15) is 0 Å². The van der Waals surface area contributed by atoms with Gasteiger partial charge in [-0.3, -0.25) is 4.68 Å². The van der Waals surface area contributed by atoms with E-state index in [0.717, 1.165) is 42.3 Å². The molecule has 1 atom stereocenters. The Hall–Kier alpha value is -1.14. The van der Waals surface area contributed by atoms with Crippen LogP contribution in [0.25, 0.3) is 0 Å². The van der Waals surface area contributed by atoms with Crippen LogP contribution >= 0.6 is 23.4 Å². The second kappa shape index (κ2) is 6.20. The maximum Gasteiger partial charge on any atom is 0.138 e. The molecule has 0 amide bonds. The zero-order chi connectivity index (χ0) is 18.7. The molecule has 0 unspecified atom stereocenters. The Balaban J connectivity index is 1.84. The molecule has 0 aliphatic carbocycles. The van der Waals surface area contributed by atoms with Crippen LogP contribution in [-0.2, 0) is 22.8 Å². The Kier molecular flexibility index (Phi) is 4.35. The SMILES string of the molecule is Cc1cc2c(cc1Cl)C1(CCN(Cl)CC1)O[C@@H]2C(C)(C)c1ncnn1C. The molecule has 1 spiro atoms. The van der Waals surface area contributed by atoms with Crippen LogP contribution < -0.4 is 0 Å². The summed E-state index contributed by atoms with van der Waals surface area (Å²) in [5, 5.41) is 5.05. The van der Waals surface area contributed by atoms with Gasteiger partial charge in [-0.2, -0.15) is 5.10 Å². The Morgan fingerprint density at radius 2 is 1.96 bits per heavy atom. The number of nitrogens with zero attached hydrogens (tertiary/aromatic N) is 4. The van der Waals surface area contributed by atoms with Gasteiger partial charge in [-0.1, -0.05) is 17.7 Å². The van der Waals surface area contributed by atoms with Gasteiger partial charge < -0.3 is 4.74 Å². The van der Waals surface area contributed by atoms with E-state index in [2.05, 4.69) is 36.1 Å². The minimum Gasteiger partial charge on any atom is -0.361 e. The molecule has 2 aliphatic heterocycles. The number of rotatable bonds is 2. The summed E-state index contributed by atoms with van der Waals surface area (Å²) in [6.45, 7) is 7.98. The molecule has 0 radical (unpaired) electrons. The number of aryl methyl sites for hydroxylation is 2. The second-order valence-electron chi connectivity index (χ2n) is 8.02. The molecule has 4 rings (SSSR count). The molecule has 3 heterocycles. The van der Waals surface area contributed by atoms with E-state index in [4.69, 9.17) is 28.1 Å². The highest BCUT2D eigenvalue weighted by molar-refractivity contribution is 6.31. The number of piperidine rings is 1. The number of hydrogen-bond acceptors (Lipinski definition) is 4. The molecule has 1 aromatic carbocycles. The Morgan fingerprint density at radius 3 is 2.58 bits per heavy atom. The van der Waals surface area contributed by atoms with Gasteiger partial charge in [-0.05, 0) is 68.1 Å². The summed E-state index contributed by atoms with van der Waals surface area (Å²) >= 11 is 12.7. The Bertz CT molecular complexity index is 840. The van der Waals surface area contributed by atoms with Gasteiger partial charge in [0.15, 0.2) is 0 Å². The average Bonchev–Trinajstić information content (AvgIpc) is 3.15. The lowest BCUT2D eigenvalue weighted by molar-refractivity contribution is -0.125. The van der Waals surface area contributed by atoms with Crippen LogP contribution in [-0.4, -0.2) is 32.3 Å².